The molecule has 6 heteroatoms. The molecule has 2 aromatic carbocycles. The summed E-state index contributed by atoms with van der Waals surface area (Å²) in [6.45, 7) is 5.68. The zero-order valence-electron chi connectivity index (χ0n) is 15.4. The molecule has 27 heavy (non-hydrogen) atoms. The predicted octanol–water partition coefficient (Wildman–Crippen LogP) is 5.52. The topological polar surface area (TPSA) is 59.1 Å². The van der Waals surface area contributed by atoms with E-state index in [2.05, 4.69) is 34.4 Å². The molecule has 3 rings (SSSR count). The second kappa shape index (κ2) is 9.24. The lowest BCUT2D eigenvalue weighted by Crippen LogP contribution is -2.10. The summed E-state index contributed by atoms with van der Waals surface area (Å²) in [4.78, 5) is 8.73. The van der Waals surface area contributed by atoms with E-state index < -0.39 is 0 Å². The fourth-order valence-corrected chi connectivity index (χ4v) is 2.46. The highest BCUT2D eigenvalue weighted by Gasteiger charge is 2.02. The molecule has 2 N–H and O–H groups in total. The van der Waals surface area contributed by atoms with Crippen LogP contribution in [0.1, 0.15) is 19.4 Å². The molecule has 0 saturated heterocycles. The zero-order valence-corrected chi connectivity index (χ0v) is 16.2. The van der Waals surface area contributed by atoms with Crippen molar-refractivity contribution >= 4 is 29.1 Å². The van der Waals surface area contributed by atoms with Crippen LogP contribution in [0.25, 0.3) is 0 Å². The summed E-state index contributed by atoms with van der Waals surface area (Å²) < 4.78 is 5.80. The molecular formula is C21H23ClN4O. The molecule has 0 radical (unpaired) electrons. The second-order valence-electron chi connectivity index (χ2n) is 6.60. The second-order valence-corrected chi connectivity index (χ2v) is 7.04. The van der Waals surface area contributed by atoms with Gasteiger partial charge in [0.05, 0.1) is 0 Å². The number of halogens is 1. The predicted molar refractivity (Wildman–Crippen MR) is 111 cm³/mol. The molecule has 0 unspecified atom stereocenters. The zero-order chi connectivity index (χ0) is 19.1. The summed E-state index contributed by atoms with van der Waals surface area (Å²) in [5.74, 6) is 2.71. The quantitative estimate of drug-likeness (QED) is 0.537. The van der Waals surface area contributed by atoms with E-state index in [0.717, 1.165) is 34.4 Å². The van der Waals surface area contributed by atoms with Crippen LogP contribution in [-0.4, -0.2) is 16.5 Å². The SMILES string of the molecule is CC(C)CNc1ccnc(Nc2ccc(OCc3ccc(Cl)cc3)cc2)n1. The van der Waals surface area contributed by atoms with Crippen molar-refractivity contribution in [1.82, 2.24) is 9.97 Å². The number of nitrogens with zero attached hydrogens (tertiary/aromatic N) is 2. The van der Waals surface area contributed by atoms with Crippen molar-refractivity contribution in [1.29, 1.82) is 0 Å². The fourth-order valence-electron chi connectivity index (χ4n) is 2.34. The van der Waals surface area contributed by atoms with Crippen molar-refractivity contribution in [3.05, 3.63) is 71.4 Å². The van der Waals surface area contributed by atoms with Gasteiger partial charge in [0.15, 0.2) is 0 Å². The first-order valence-corrected chi connectivity index (χ1v) is 9.27. The lowest BCUT2D eigenvalue weighted by molar-refractivity contribution is 0.306. The number of nitrogens with one attached hydrogen (secondary N) is 2. The Morgan fingerprint density at radius 2 is 1.74 bits per heavy atom. The number of anilines is 3. The summed E-state index contributed by atoms with van der Waals surface area (Å²) in [6.07, 6.45) is 1.74. The normalized spacial score (nSPS) is 10.7. The molecule has 1 aromatic heterocycles. The molecule has 0 aliphatic heterocycles. The van der Waals surface area contributed by atoms with E-state index in [1.807, 2.05) is 54.6 Å². The van der Waals surface area contributed by atoms with Gasteiger partial charge in [-0.05, 0) is 53.9 Å². The third-order valence-electron chi connectivity index (χ3n) is 3.78. The van der Waals surface area contributed by atoms with E-state index in [-0.39, 0.29) is 0 Å². The van der Waals surface area contributed by atoms with Crippen molar-refractivity contribution in [2.24, 2.45) is 5.92 Å². The highest BCUT2D eigenvalue weighted by atomic mass is 35.5. The van der Waals surface area contributed by atoms with Crippen molar-refractivity contribution in [2.45, 2.75) is 20.5 Å². The van der Waals surface area contributed by atoms with Crippen molar-refractivity contribution in [2.75, 3.05) is 17.2 Å². The molecule has 5 nitrogen and oxygen atoms in total. The average molecular weight is 383 g/mol. The largest absolute Gasteiger partial charge is 0.489 e. The Bertz CT molecular complexity index is 851. The van der Waals surface area contributed by atoms with Crippen LogP contribution in [0.2, 0.25) is 5.02 Å². The minimum atomic E-state index is 0.497. The molecule has 0 aliphatic carbocycles. The first kappa shape index (κ1) is 19.0. The molecular weight excluding hydrogens is 360 g/mol. The number of hydrogen-bond acceptors (Lipinski definition) is 5. The van der Waals surface area contributed by atoms with Crippen molar-refractivity contribution < 1.29 is 4.74 Å². The van der Waals surface area contributed by atoms with Crippen LogP contribution in [0, 0.1) is 5.92 Å². The summed E-state index contributed by atoms with van der Waals surface area (Å²) in [7, 11) is 0. The minimum absolute atomic E-state index is 0.497. The van der Waals surface area contributed by atoms with Crippen LogP contribution in [-0.2, 0) is 6.61 Å². The van der Waals surface area contributed by atoms with Crippen molar-refractivity contribution in [3.63, 3.8) is 0 Å². The summed E-state index contributed by atoms with van der Waals surface area (Å²) in [5.41, 5.74) is 1.97. The maximum Gasteiger partial charge on any atom is 0.229 e. The van der Waals surface area contributed by atoms with Gasteiger partial charge in [0.2, 0.25) is 5.95 Å². The first-order valence-electron chi connectivity index (χ1n) is 8.90. The van der Waals surface area contributed by atoms with Gasteiger partial charge in [0.1, 0.15) is 18.2 Å². The van der Waals surface area contributed by atoms with Gasteiger partial charge >= 0.3 is 0 Å². The third-order valence-corrected chi connectivity index (χ3v) is 4.03. The number of benzene rings is 2. The number of aromatic nitrogens is 2. The van der Waals surface area contributed by atoms with E-state index >= 15 is 0 Å². The molecule has 0 saturated carbocycles. The standard InChI is InChI=1S/C21H23ClN4O/c1-15(2)13-24-20-11-12-23-21(26-20)25-18-7-9-19(10-8-18)27-14-16-3-5-17(22)6-4-16/h3-12,15H,13-14H2,1-2H3,(H2,23,24,25,26). The lowest BCUT2D eigenvalue weighted by Gasteiger charge is -2.10. The Kier molecular flexibility index (Phi) is 6.49. The Morgan fingerprint density at radius 3 is 2.44 bits per heavy atom. The molecule has 0 spiro atoms. The van der Waals surface area contributed by atoms with Gasteiger partial charge in [0, 0.05) is 23.5 Å². The van der Waals surface area contributed by atoms with Crippen LogP contribution >= 0.6 is 11.6 Å². The smallest absolute Gasteiger partial charge is 0.229 e. The number of hydrogen-bond donors (Lipinski definition) is 2. The van der Waals surface area contributed by atoms with Crippen LogP contribution in [0.4, 0.5) is 17.5 Å². The molecule has 0 aliphatic rings. The van der Waals surface area contributed by atoms with Gasteiger partial charge in [-0.15, -0.1) is 0 Å². The molecule has 0 bridgehead atoms. The summed E-state index contributed by atoms with van der Waals surface area (Å²) in [5, 5.41) is 7.22. The maximum absolute atomic E-state index is 5.89. The molecule has 3 aromatic rings. The van der Waals surface area contributed by atoms with E-state index in [9.17, 15) is 0 Å². The maximum atomic E-state index is 5.89. The molecule has 0 atom stereocenters. The van der Waals surface area contributed by atoms with E-state index in [0.29, 0.717) is 18.5 Å². The van der Waals surface area contributed by atoms with Crippen LogP contribution in [0.15, 0.2) is 60.8 Å². The highest BCUT2D eigenvalue weighted by Crippen LogP contribution is 2.20. The van der Waals surface area contributed by atoms with Gasteiger partial charge in [0.25, 0.3) is 0 Å². The first-order chi connectivity index (χ1) is 13.1. The summed E-state index contributed by atoms with van der Waals surface area (Å²) >= 11 is 5.89. The molecule has 1 heterocycles. The Balaban J connectivity index is 1.55. The van der Waals surface area contributed by atoms with Gasteiger partial charge < -0.3 is 15.4 Å². The van der Waals surface area contributed by atoms with Gasteiger partial charge in [-0.1, -0.05) is 37.6 Å². The fraction of sp³-hybridized carbons (Fsp3) is 0.238. The number of ether oxygens (including phenoxy) is 1. The minimum Gasteiger partial charge on any atom is -0.489 e. The lowest BCUT2D eigenvalue weighted by atomic mass is 10.2. The van der Waals surface area contributed by atoms with Crippen LogP contribution in [0.5, 0.6) is 5.75 Å². The van der Waals surface area contributed by atoms with E-state index in [1.54, 1.807) is 6.20 Å². The Morgan fingerprint density at radius 1 is 1.00 bits per heavy atom. The van der Waals surface area contributed by atoms with Gasteiger partial charge in [-0.25, -0.2) is 4.98 Å². The monoisotopic (exact) mass is 382 g/mol. The molecule has 0 amide bonds. The molecule has 140 valence electrons. The third kappa shape index (κ3) is 6.15. The van der Waals surface area contributed by atoms with Crippen LogP contribution < -0.4 is 15.4 Å². The number of rotatable bonds is 8. The van der Waals surface area contributed by atoms with E-state index in [4.69, 9.17) is 16.3 Å². The highest BCUT2D eigenvalue weighted by molar-refractivity contribution is 6.30. The summed E-state index contributed by atoms with van der Waals surface area (Å²) in [6, 6.07) is 17.2. The van der Waals surface area contributed by atoms with E-state index in [1.165, 1.54) is 0 Å². The van der Waals surface area contributed by atoms with Crippen LogP contribution in [0.3, 0.4) is 0 Å². The van der Waals surface area contributed by atoms with Gasteiger partial charge in [-0.2, -0.15) is 4.98 Å². The average Bonchev–Trinajstić information content (AvgIpc) is 2.67. The molecule has 0 fully saturated rings. The van der Waals surface area contributed by atoms with Crippen molar-refractivity contribution in [3.8, 4) is 5.75 Å². The van der Waals surface area contributed by atoms with Gasteiger partial charge in [-0.3, -0.25) is 0 Å². The Labute approximate surface area is 164 Å². The Hall–Kier alpha value is -2.79.